The van der Waals surface area contributed by atoms with Gasteiger partial charge in [-0.1, -0.05) is 50.1 Å². The summed E-state index contributed by atoms with van der Waals surface area (Å²) < 4.78 is 0. The minimum Gasteiger partial charge on any atom is -0.508 e. The minimum absolute atomic E-state index is 0.144. The van der Waals surface area contributed by atoms with Gasteiger partial charge in [-0.15, -0.1) is 0 Å². The molecule has 1 heterocycles. The smallest absolute Gasteiger partial charge is 0.234 e. The van der Waals surface area contributed by atoms with E-state index in [1.54, 1.807) is 18.2 Å². The summed E-state index contributed by atoms with van der Waals surface area (Å²) in [5.74, 6) is 0.149. The van der Waals surface area contributed by atoms with E-state index in [1.165, 1.54) is 5.56 Å². The number of hydrogen-bond acceptors (Lipinski definition) is 2. The Morgan fingerprint density at radius 2 is 1.96 bits per heavy atom. The molecule has 0 bridgehead atoms. The average molecular weight is 309 g/mol. The van der Waals surface area contributed by atoms with E-state index in [2.05, 4.69) is 13.0 Å². The van der Waals surface area contributed by atoms with E-state index in [1.807, 2.05) is 29.2 Å². The Hall–Kier alpha value is -2.29. The lowest BCUT2D eigenvalue weighted by molar-refractivity contribution is -0.120. The third-order valence-corrected chi connectivity index (χ3v) is 4.53. The van der Waals surface area contributed by atoms with Crippen molar-refractivity contribution in [2.75, 3.05) is 11.4 Å². The second-order valence-electron chi connectivity index (χ2n) is 6.18. The van der Waals surface area contributed by atoms with Gasteiger partial charge in [0.1, 0.15) is 5.75 Å². The van der Waals surface area contributed by atoms with Crippen molar-refractivity contribution in [1.82, 2.24) is 0 Å². The SMILES string of the molecule is CCCCCN1C(=O)C(c2cccc(O)c2)Cc2ccccc21. The van der Waals surface area contributed by atoms with Gasteiger partial charge in [-0.2, -0.15) is 0 Å². The first-order valence-corrected chi connectivity index (χ1v) is 8.39. The minimum atomic E-state index is -0.210. The van der Waals surface area contributed by atoms with Crippen molar-refractivity contribution in [3.63, 3.8) is 0 Å². The molecule has 1 unspecified atom stereocenters. The molecule has 3 rings (SSSR count). The highest BCUT2D eigenvalue weighted by Gasteiger charge is 2.33. The molecule has 3 heteroatoms. The monoisotopic (exact) mass is 309 g/mol. The van der Waals surface area contributed by atoms with E-state index < -0.39 is 0 Å². The summed E-state index contributed by atoms with van der Waals surface area (Å²) in [6.45, 7) is 2.93. The standard InChI is InChI=1S/C20H23NO2/c1-2-3-6-12-21-19-11-5-4-8-16(19)14-18(20(21)23)15-9-7-10-17(22)13-15/h4-5,7-11,13,18,22H,2-3,6,12,14H2,1H3. The first kappa shape index (κ1) is 15.6. The summed E-state index contributed by atoms with van der Waals surface area (Å²) in [6, 6.07) is 15.2. The Morgan fingerprint density at radius 1 is 1.13 bits per heavy atom. The summed E-state index contributed by atoms with van der Waals surface area (Å²) in [7, 11) is 0. The molecule has 0 spiro atoms. The summed E-state index contributed by atoms with van der Waals surface area (Å²) in [6.07, 6.45) is 3.98. The van der Waals surface area contributed by atoms with Gasteiger partial charge < -0.3 is 10.0 Å². The van der Waals surface area contributed by atoms with Gasteiger partial charge >= 0.3 is 0 Å². The lowest BCUT2D eigenvalue weighted by Crippen LogP contribution is -2.40. The Kier molecular flexibility index (Phi) is 4.65. The first-order chi connectivity index (χ1) is 11.2. The Bertz CT molecular complexity index is 696. The van der Waals surface area contributed by atoms with Crippen LogP contribution in [0.2, 0.25) is 0 Å². The van der Waals surface area contributed by atoms with Crippen LogP contribution in [-0.2, 0) is 11.2 Å². The molecule has 1 atom stereocenters. The average Bonchev–Trinajstić information content (AvgIpc) is 2.56. The quantitative estimate of drug-likeness (QED) is 0.839. The van der Waals surface area contributed by atoms with Crippen molar-refractivity contribution >= 4 is 11.6 Å². The largest absolute Gasteiger partial charge is 0.508 e. The molecule has 0 fully saturated rings. The van der Waals surface area contributed by atoms with Crippen LogP contribution in [0.5, 0.6) is 5.75 Å². The lowest BCUT2D eigenvalue weighted by atomic mass is 9.86. The van der Waals surface area contributed by atoms with Gasteiger partial charge in [0.15, 0.2) is 0 Å². The molecular weight excluding hydrogens is 286 g/mol. The molecule has 0 saturated heterocycles. The highest BCUT2D eigenvalue weighted by Crippen LogP contribution is 2.36. The molecular formula is C20H23NO2. The zero-order valence-corrected chi connectivity index (χ0v) is 13.5. The fraction of sp³-hybridized carbons (Fsp3) is 0.350. The van der Waals surface area contributed by atoms with Gasteiger partial charge in [-0.05, 0) is 42.2 Å². The number of carbonyl (C=O) groups is 1. The van der Waals surface area contributed by atoms with Gasteiger partial charge in [0.2, 0.25) is 5.91 Å². The van der Waals surface area contributed by atoms with Crippen molar-refractivity contribution in [2.45, 2.75) is 38.5 Å². The van der Waals surface area contributed by atoms with Gasteiger partial charge in [-0.3, -0.25) is 4.79 Å². The van der Waals surface area contributed by atoms with Crippen LogP contribution >= 0.6 is 0 Å². The molecule has 0 aromatic heterocycles. The van der Waals surface area contributed by atoms with Crippen molar-refractivity contribution in [2.24, 2.45) is 0 Å². The highest BCUT2D eigenvalue weighted by molar-refractivity contribution is 6.01. The lowest BCUT2D eigenvalue weighted by Gasteiger charge is -2.34. The highest BCUT2D eigenvalue weighted by atomic mass is 16.3. The van der Waals surface area contributed by atoms with E-state index in [9.17, 15) is 9.90 Å². The number of para-hydroxylation sites is 1. The number of amides is 1. The fourth-order valence-electron chi connectivity index (χ4n) is 3.31. The number of carbonyl (C=O) groups excluding carboxylic acids is 1. The first-order valence-electron chi connectivity index (χ1n) is 8.39. The van der Waals surface area contributed by atoms with E-state index in [0.717, 1.165) is 37.1 Å². The molecule has 1 amide bonds. The predicted molar refractivity (Wildman–Crippen MR) is 92.9 cm³/mol. The normalized spacial score (nSPS) is 17.2. The zero-order chi connectivity index (χ0) is 16.2. The van der Waals surface area contributed by atoms with Crippen molar-refractivity contribution in [3.8, 4) is 5.75 Å². The number of nitrogens with zero attached hydrogens (tertiary/aromatic N) is 1. The number of fused-ring (bicyclic) bond motifs is 1. The fourth-order valence-corrected chi connectivity index (χ4v) is 3.31. The summed E-state index contributed by atoms with van der Waals surface area (Å²) in [5.41, 5.74) is 3.15. The third kappa shape index (κ3) is 3.24. The third-order valence-electron chi connectivity index (χ3n) is 4.53. The van der Waals surface area contributed by atoms with Gasteiger partial charge in [-0.25, -0.2) is 0 Å². The second kappa shape index (κ2) is 6.86. The van der Waals surface area contributed by atoms with Crippen LogP contribution in [0.1, 0.15) is 43.2 Å². The Balaban J connectivity index is 1.94. The van der Waals surface area contributed by atoms with Gasteiger partial charge in [0.05, 0.1) is 5.92 Å². The van der Waals surface area contributed by atoms with Crippen molar-refractivity contribution in [3.05, 3.63) is 59.7 Å². The van der Waals surface area contributed by atoms with E-state index in [0.29, 0.717) is 6.42 Å². The van der Waals surface area contributed by atoms with Gasteiger partial charge in [0.25, 0.3) is 0 Å². The molecule has 23 heavy (non-hydrogen) atoms. The van der Waals surface area contributed by atoms with Crippen LogP contribution in [0, 0.1) is 0 Å². The van der Waals surface area contributed by atoms with Crippen LogP contribution in [0.3, 0.4) is 0 Å². The number of phenolic OH excluding ortho intramolecular Hbond substituents is 1. The second-order valence-corrected chi connectivity index (χ2v) is 6.18. The molecule has 1 aliphatic heterocycles. The molecule has 3 nitrogen and oxygen atoms in total. The number of benzene rings is 2. The number of rotatable bonds is 5. The maximum atomic E-state index is 13.0. The van der Waals surface area contributed by atoms with Crippen LogP contribution in [-0.4, -0.2) is 17.6 Å². The van der Waals surface area contributed by atoms with Crippen molar-refractivity contribution in [1.29, 1.82) is 0 Å². The molecule has 0 saturated carbocycles. The maximum Gasteiger partial charge on any atom is 0.234 e. The van der Waals surface area contributed by atoms with Crippen molar-refractivity contribution < 1.29 is 9.90 Å². The number of anilines is 1. The van der Waals surface area contributed by atoms with E-state index in [4.69, 9.17) is 0 Å². The Labute approximate surface area is 137 Å². The molecule has 2 aromatic carbocycles. The van der Waals surface area contributed by atoms with Crippen LogP contribution in [0.25, 0.3) is 0 Å². The molecule has 0 radical (unpaired) electrons. The topological polar surface area (TPSA) is 40.5 Å². The number of unbranched alkanes of at least 4 members (excludes halogenated alkanes) is 2. The number of phenols is 1. The Morgan fingerprint density at radius 3 is 2.74 bits per heavy atom. The number of aromatic hydroxyl groups is 1. The van der Waals surface area contributed by atoms with Crippen LogP contribution in [0.15, 0.2) is 48.5 Å². The zero-order valence-electron chi connectivity index (χ0n) is 13.5. The van der Waals surface area contributed by atoms with E-state index >= 15 is 0 Å². The molecule has 0 aliphatic carbocycles. The van der Waals surface area contributed by atoms with Crippen LogP contribution < -0.4 is 4.90 Å². The van der Waals surface area contributed by atoms with E-state index in [-0.39, 0.29) is 17.6 Å². The molecule has 1 aliphatic rings. The molecule has 120 valence electrons. The molecule has 2 aromatic rings. The van der Waals surface area contributed by atoms with Crippen LogP contribution in [0.4, 0.5) is 5.69 Å². The maximum absolute atomic E-state index is 13.0. The summed E-state index contributed by atoms with van der Waals surface area (Å²) in [5, 5.41) is 9.74. The summed E-state index contributed by atoms with van der Waals surface area (Å²) in [4.78, 5) is 15.0. The molecule has 1 N–H and O–H groups in total. The predicted octanol–water partition coefficient (Wildman–Crippen LogP) is 4.26. The van der Waals surface area contributed by atoms with Gasteiger partial charge in [0, 0.05) is 12.2 Å². The summed E-state index contributed by atoms with van der Waals surface area (Å²) >= 11 is 0. The number of hydrogen-bond donors (Lipinski definition) is 1.